The Bertz CT molecular complexity index is 538. The van der Waals surface area contributed by atoms with Crippen molar-refractivity contribution in [1.82, 2.24) is 10.2 Å². The van der Waals surface area contributed by atoms with Gasteiger partial charge in [0.15, 0.2) is 0 Å². The molecule has 0 saturated carbocycles. The molecule has 0 unspecified atom stereocenters. The number of ether oxygens (including phenoxy) is 1. The lowest BCUT2D eigenvalue weighted by Gasteiger charge is -2.32. The molecular weight excluding hydrogens is 397 g/mol. The van der Waals surface area contributed by atoms with E-state index < -0.39 is 0 Å². The fourth-order valence-electron chi connectivity index (χ4n) is 3.10. The average Bonchev–Trinajstić information content (AvgIpc) is 2.60. The van der Waals surface area contributed by atoms with Gasteiger partial charge in [-0.05, 0) is 57.0 Å². The summed E-state index contributed by atoms with van der Waals surface area (Å²) in [4.78, 5) is 14.3. The van der Waals surface area contributed by atoms with E-state index in [2.05, 4.69) is 10.6 Å². The minimum atomic E-state index is 0. The molecule has 2 N–H and O–H groups in total. The Kier molecular flexibility index (Phi) is 12.9. The number of hydrogen-bond acceptors (Lipinski definition) is 4. The second-order valence-electron chi connectivity index (χ2n) is 6.24. The van der Waals surface area contributed by atoms with E-state index in [0.717, 1.165) is 49.8 Å². The molecule has 1 amide bonds. The van der Waals surface area contributed by atoms with Crippen molar-refractivity contribution in [3.8, 4) is 5.75 Å². The quantitative estimate of drug-likeness (QED) is 0.663. The van der Waals surface area contributed by atoms with Gasteiger partial charge in [-0.3, -0.25) is 4.79 Å². The first kappa shape index (κ1) is 25.1. The van der Waals surface area contributed by atoms with Crippen LogP contribution in [0.3, 0.4) is 0 Å². The standard InChI is InChI=1S/C18H28ClN3O2.2ClH/c1-20-9-5-14-7-11-22(12-8-14)18(23)6-10-21-16-13-15(19)3-4-17(16)24-2;;/h3-4,13-14,20-21H,5-12H2,1-2H3;2*1H. The number of nitrogens with zero attached hydrogens (tertiary/aromatic N) is 1. The van der Waals surface area contributed by atoms with Crippen molar-refractivity contribution in [2.24, 2.45) is 5.92 Å². The van der Waals surface area contributed by atoms with Crippen LogP contribution in [0.15, 0.2) is 18.2 Å². The Balaban J connectivity index is 0.00000312. The lowest BCUT2D eigenvalue weighted by atomic mass is 9.93. The minimum absolute atomic E-state index is 0. The molecule has 1 aromatic rings. The summed E-state index contributed by atoms with van der Waals surface area (Å²) in [5.74, 6) is 1.70. The largest absolute Gasteiger partial charge is 0.495 e. The number of piperidine rings is 1. The molecule has 0 spiro atoms. The van der Waals surface area contributed by atoms with E-state index in [1.54, 1.807) is 13.2 Å². The Morgan fingerprint density at radius 2 is 1.96 bits per heavy atom. The maximum Gasteiger partial charge on any atom is 0.224 e. The predicted octanol–water partition coefficient (Wildman–Crippen LogP) is 3.84. The summed E-state index contributed by atoms with van der Waals surface area (Å²) >= 11 is 6.01. The summed E-state index contributed by atoms with van der Waals surface area (Å²) < 4.78 is 5.30. The third-order valence-electron chi connectivity index (χ3n) is 4.59. The van der Waals surface area contributed by atoms with Crippen LogP contribution in [0, 0.1) is 5.92 Å². The van der Waals surface area contributed by atoms with Crippen LogP contribution in [0.4, 0.5) is 5.69 Å². The normalized spacial score (nSPS) is 14.2. The first-order chi connectivity index (χ1) is 11.6. The second kappa shape index (κ2) is 13.3. The van der Waals surface area contributed by atoms with Crippen LogP contribution in [0.5, 0.6) is 5.75 Å². The van der Waals surface area contributed by atoms with Gasteiger partial charge in [-0.2, -0.15) is 0 Å². The Labute approximate surface area is 174 Å². The highest BCUT2D eigenvalue weighted by Crippen LogP contribution is 2.27. The van der Waals surface area contributed by atoms with E-state index in [1.165, 1.54) is 6.42 Å². The van der Waals surface area contributed by atoms with Crippen molar-refractivity contribution < 1.29 is 9.53 Å². The van der Waals surface area contributed by atoms with Gasteiger partial charge >= 0.3 is 0 Å². The number of hydrogen-bond donors (Lipinski definition) is 2. The van der Waals surface area contributed by atoms with Gasteiger partial charge in [-0.15, -0.1) is 24.8 Å². The van der Waals surface area contributed by atoms with Gasteiger partial charge in [-0.1, -0.05) is 11.6 Å². The van der Waals surface area contributed by atoms with Gasteiger partial charge in [0, 0.05) is 31.1 Å². The third kappa shape index (κ3) is 7.78. The van der Waals surface area contributed by atoms with Gasteiger partial charge in [0.1, 0.15) is 5.75 Å². The van der Waals surface area contributed by atoms with E-state index in [4.69, 9.17) is 16.3 Å². The maximum atomic E-state index is 12.3. The first-order valence-corrected chi connectivity index (χ1v) is 9.01. The lowest BCUT2D eigenvalue weighted by molar-refractivity contribution is -0.132. The molecule has 26 heavy (non-hydrogen) atoms. The molecule has 0 bridgehead atoms. The average molecular weight is 427 g/mol. The summed E-state index contributed by atoms with van der Waals surface area (Å²) in [6.07, 6.45) is 3.91. The molecule has 1 aliphatic heterocycles. The molecule has 1 aliphatic rings. The van der Waals surface area contributed by atoms with Gasteiger partial charge in [0.2, 0.25) is 5.91 Å². The van der Waals surface area contributed by atoms with Crippen LogP contribution in [0.25, 0.3) is 0 Å². The zero-order chi connectivity index (χ0) is 17.4. The molecule has 2 rings (SSSR count). The van der Waals surface area contributed by atoms with Crippen LogP contribution >= 0.6 is 36.4 Å². The summed E-state index contributed by atoms with van der Waals surface area (Å²) in [5.41, 5.74) is 0.823. The van der Waals surface area contributed by atoms with Crippen LogP contribution in [-0.4, -0.2) is 51.1 Å². The highest BCUT2D eigenvalue weighted by Gasteiger charge is 2.22. The molecule has 0 radical (unpaired) electrons. The smallest absolute Gasteiger partial charge is 0.224 e. The number of nitrogens with one attached hydrogen (secondary N) is 2. The van der Waals surface area contributed by atoms with Gasteiger partial charge < -0.3 is 20.3 Å². The third-order valence-corrected chi connectivity index (χ3v) is 4.82. The number of halogens is 3. The summed E-state index contributed by atoms with van der Waals surface area (Å²) in [7, 11) is 3.61. The van der Waals surface area contributed by atoms with E-state index >= 15 is 0 Å². The number of carbonyl (C=O) groups is 1. The zero-order valence-electron chi connectivity index (χ0n) is 15.4. The molecule has 8 heteroatoms. The molecular formula is C18H30Cl3N3O2. The van der Waals surface area contributed by atoms with Gasteiger partial charge in [-0.25, -0.2) is 0 Å². The molecule has 1 saturated heterocycles. The van der Waals surface area contributed by atoms with Crippen LogP contribution in [0.2, 0.25) is 5.02 Å². The fraction of sp³-hybridized carbons (Fsp3) is 0.611. The monoisotopic (exact) mass is 425 g/mol. The van der Waals surface area contributed by atoms with E-state index in [-0.39, 0.29) is 30.7 Å². The van der Waals surface area contributed by atoms with Crippen LogP contribution in [-0.2, 0) is 4.79 Å². The molecule has 1 fully saturated rings. The van der Waals surface area contributed by atoms with Crippen LogP contribution < -0.4 is 15.4 Å². The Morgan fingerprint density at radius 1 is 1.27 bits per heavy atom. The van der Waals surface area contributed by atoms with Gasteiger partial charge in [0.25, 0.3) is 0 Å². The first-order valence-electron chi connectivity index (χ1n) is 8.63. The van der Waals surface area contributed by atoms with Crippen molar-refractivity contribution in [2.45, 2.75) is 25.7 Å². The van der Waals surface area contributed by atoms with Crippen molar-refractivity contribution >= 4 is 48.0 Å². The second-order valence-corrected chi connectivity index (χ2v) is 6.67. The number of carbonyl (C=O) groups excluding carboxylic acids is 1. The molecule has 0 atom stereocenters. The van der Waals surface area contributed by atoms with Crippen molar-refractivity contribution in [3.05, 3.63) is 23.2 Å². The predicted molar refractivity (Wildman–Crippen MR) is 113 cm³/mol. The SMILES string of the molecule is CNCCC1CCN(C(=O)CCNc2cc(Cl)ccc2OC)CC1.Cl.Cl. The number of likely N-dealkylation sites (tertiary alicyclic amines) is 1. The Hall–Kier alpha value is -0.880. The fourth-order valence-corrected chi connectivity index (χ4v) is 3.27. The number of rotatable bonds is 8. The molecule has 0 aliphatic carbocycles. The maximum absolute atomic E-state index is 12.3. The van der Waals surface area contributed by atoms with E-state index in [9.17, 15) is 4.79 Å². The molecule has 5 nitrogen and oxygen atoms in total. The minimum Gasteiger partial charge on any atom is -0.495 e. The van der Waals surface area contributed by atoms with Gasteiger partial charge in [0.05, 0.1) is 12.8 Å². The summed E-state index contributed by atoms with van der Waals surface area (Å²) in [6.45, 7) is 3.40. The van der Waals surface area contributed by atoms with Crippen LogP contribution in [0.1, 0.15) is 25.7 Å². The number of anilines is 1. The van der Waals surface area contributed by atoms with Crippen molar-refractivity contribution in [1.29, 1.82) is 0 Å². The molecule has 150 valence electrons. The molecule has 1 aromatic carbocycles. The van der Waals surface area contributed by atoms with E-state index in [0.29, 0.717) is 18.0 Å². The highest BCUT2D eigenvalue weighted by molar-refractivity contribution is 6.30. The Morgan fingerprint density at radius 3 is 2.58 bits per heavy atom. The number of benzene rings is 1. The number of methoxy groups -OCH3 is 1. The zero-order valence-corrected chi connectivity index (χ0v) is 17.8. The van der Waals surface area contributed by atoms with Crippen molar-refractivity contribution in [3.63, 3.8) is 0 Å². The molecule has 0 aromatic heterocycles. The topological polar surface area (TPSA) is 53.6 Å². The summed E-state index contributed by atoms with van der Waals surface area (Å²) in [6, 6.07) is 5.43. The van der Waals surface area contributed by atoms with Crippen molar-refractivity contribution in [2.75, 3.05) is 45.7 Å². The lowest BCUT2D eigenvalue weighted by Crippen LogP contribution is -2.39. The molecule has 1 heterocycles. The highest BCUT2D eigenvalue weighted by atomic mass is 35.5. The van der Waals surface area contributed by atoms with E-state index in [1.807, 2.05) is 24.1 Å². The number of amides is 1. The summed E-state index contributed by atoms with van der Waals surface area (Å²) in [5, 5.41) is 7.09.